The zero-order valence-electron chi connectivity index (χ0n) is 14.5. The van der Waals surface area contributed by atoms with E-state index >= 15 is 0 Å². The van der Waals surface area contributed by atoms with Crippen molar-refractivity contribution >= 4 is 29.1 Å². The molecule has 1 saturated carbocycles. The molecule has 1 aromatic heterocycles. The molecule has 0 radical (unpaired) electrons. The molecule has 0 saturated heterocycles. The third-order valence-electron chi connectivity index (χ3n) is 4.80. The van der Waals surface area contributed by atoms with Gasteiger partial charge in [0, 0.05) is 21.4 Å². The molecule has 0 spiro atoms. The highest BCUT2D eigenvalue weighted by Gasteiger charge is 2.54. The van der Waals surface area contributed by atoms with Crippen LogP contribution in [0.3, 0.4) is 0 Å². The quantitative estimate of drug-likeness (QED) is 0.522. The van der Waals surface area contributed by atoms with Crippen molar-refractivity contribution in [3.05, 3.63) is 70.6 Å². The van der Waals surface area contributed by atoms with E-state index in [1.807, 2.05) is 0 Å². The van der Waals surface area contributed by atoms with Gasteiger partial charge in [0.1, 0.15) is 4.75 Å². The Kier molecular flexibility index (Phi) is 4.91. The second-order valence-corrected chi connectivity index (χ2v) is 8.69. The predicted molar refractivity (Wildman–Crippen MR) is 101 cm³/mol. The molecule has 1 unspecified atom stereocenters. The Morgan fingerprint density at radius 1 is 1.25 bits per heavy atom. The molecule has 1 fully saturated rings. The van der Waals surface area contributed by atoms with Gasteiger partial charge in [-0.1, -0.05) is 35.0 Å². The fourth-order valence-corrected chi connectivity index (χ4v) is 4.30. The summed E-state index contributed by atoms with van der Waals surface area (Å²) in [6, 6.07) is 6.21. The second-order valence-electron chi connectivity index (χ2n) is 6.85. The first-order valence-corrected chi connectivity index (χ1v) is 9.88. The standard InChI is InChI=1S/C20H15ClF3NO2S/c21-14-3-5-15(6-4-14)28-19(20(22,23)24)9-7-12(8-10-19)17(26)16-11-25-27-18(16)13-1-2-13/h3-9,11,13H,1-2,10H2. The van der Waals surface area contributed by atoms with E-state index in [4.69, 9.17) is 16.1 Å². The van der Waals surface area contributed by atoms with Crippen LogP contribution in [0.2, 0.25) is 5.02 Å². The number of nitrogens with zero attached hydrogens (tertiary/aromatic N) is 1. The number of benzene rings is 1. The average molecular weight is 426 g/mol. The van der Waals surface area contributed by atoms with Gasteiger partial charge in [0.2, 0.25) is 0 Å². The van der Waals surface area contributed by atoms with E-state index in [2.05, 4.69) is 5.16 Å². The lowest BCUT2D eigenvalue weighted by Gasteiger charge is -2.33. The number of carbonyl (C=O) groups is 1. The van der Waals surface area contributed by atoms with Crippen molar-refractivity contribution in [3.8, 4) is 0 Å². The van der Waals surface area contributed by atoms with E-state index < -0.39 is 10.9 Å². The fourth-order valence-electron chi connectivity index (χ4n) is 3.06. The van der Waals surface area contributed by atoms with E-state index in [1.54, 1.807) is 24.3 Å². The first kappa shape index (κ1) is 19.3. The van der Waals surface area contributed by atoms with E-state index in [0.29, 0.717) is 33.0 Å². The summed E-state index contributed by atoms with van der Waals surface area (Å²) >= 11 is 6.52. The van der Waals surface area contributed by atoms with E-state index in [0.717, 1.165) is 18.9 Å². The number of rotatable bonds is 5. The third kappa shape index (κ3) is 3.65. The molecule has 0 bridgehead atoms. The Morgan fingerprint density at radius 3 is 2.54 bits per heavy atom. The highest BCUT2D eigenvalue weighted by molar-refractivity contribution is 8.01. The van der Waals surface area contributed by atoms with Gasteiger partial charge >= 0.3 is 6.18 Å². The van der Waals surface area contributed by atoms with E-state index in [9.17, 15) is 18.0 Å². The first-order chi connectivity index (χ1) is 13.3. The number of carbonyl (C=O) groups excluding carboxylic acids is 1. The topological polar surface area (TPSA) is 43.1 Å². The van der Waals surface area contributed by atoms with Gasteiger partial charge in [0.25, 0.3) is 0 Å². The van der Waals surface area contributed by atoms with Crippen molar-refractivity contribution in [3.63, 3.8) is 0 Å². The Hall–Kier alpha value is -1.99. The summed E-state index contributed by atoms with van der Waals surface area (Å²) in [5.41, 5.74) is 0.560. The molecule has 1 atom stereocenters. The smallest absolute Gasteiger partial charge is 0.360 e. The molecule has 2 aromatic rings. The van der Waals surface area contributed by atoms with E-state index in [1.165, 1.54) is 18.3 Å². The molecule has 8 heteroatoms. The van der Waals surface area contributed by atoms with Crippen molar-refractivity contribution in [1.82, 2.24) is 5.16 Å². The zero-order valence-corrected chi connectivity index (χ0v) is 16.1. The summed E-state index contributed by atoms with van der Waals surface area (Å²) in [5, 5.41) is 4.14. The van der Waals surface area contributed by atoms with Crippen LogP contribution in [0.25, 0.3) is 0 Å². The summed E-state index contributed by atoms with van der Waals surface area (Å²) in [5.74, 6) is 0.360. The maximum absolute atomic E-state index is 13.9. The maximum atomic E-state index is 13.9. The van der Waals surface area contributed by atoms with Crippen molar-refractivity contribution in [1.29, 1.82) is 0 Å². The number of alkyl halides is 3. The predicted octanol–water partition coefficient (Wildman–Crippen LogP) is 6.37. The minimum absolute atomic E-state index is 0.185. The van der Waals surface area contributed by atoms with Gasteiger partial charge in [-0.15, -0.1) is 11.8 Å². The highest BCUT2D eigenvalue weighted by Crippen LogP contribution is 2.51. The Morgan fingerprint density at radius 2 is 1.96 bits per heavy atom. The number of aromatic nitrogens is 1. The van der Waals surface area contributed by atoms with Crippen molar-refractivity contribution in [2.24, 2.45) is 0 Å². The van der Waals surface area contributed by atoms with Crippen molar-refractivity contribution in [2.45, 2.75) is 41.0 Å². The molecule has 1 aromatic carbocycles. The fraction of sp³-hybridized carbons (Fsp3) is 0.300. The monoisotopic (exact) mass is 425 g/mol. The van der Waals surface area contributed by atoms with Crippen LogP contribution < -0.4 is 0 Å². The maximum Gasteiger partial charge on any atom is 0.407 e. The number of ketones is 1. The summed E-state index contributed by atoms with van der Waals surface area (Å²) in [7, 11) is 0. The van der Waals surface area contributed by atoms with Crippen LogP contribution in [0.5, 0.6) is 0 Å². The summed E-state index contributed by atoms with van der Waals surface area (Å²) in [4.78, 5) is 13.2. The molecule has 146 valence electrons. The SMILES string of the molecule is O=C(C1=CCC(Sc2ccc(Cl)cc2)(C(F)(F)F)C=C1)c1cnoc1C1CC1. The molecule has 0 aliphatic heterocycles. The minimum Gasteiger partial charge on any atom is -0.360 e. The molecule has 4 rings (SSSR count). The van der Waals surface area contributed by atoms with Crippen molar-refractivity contribution < 1.29 is 22.5 Å². The number of hydrogen-bond acceptors (Lipinski definition) is 4. The Bertz CT molecular complexity index is 961. The highest BCUT2D eigenvalue weighted by atomic mass is 35.5. The second kappa shape index (κ2) is 7.12. The molecular weight excluding hydrogens is 411 g/mol. The molecule has 2 aliphatic rings. The average Bonchev–Trinajstić information content (AvgIpc) is 3.39. The van der Waals surface area contributed by atoms with Gasteiger partial charge in [0.05, 0.1) is 11.8 Å². The largest absolute Gasteiger partial charge is 0.407 e. The number of halogens is 4. The summed E-state index contributed by atoms with van der Waals surface area (Å²) in [6.45, 7) is 0. The van der Waals surface area contributed by atoms with Crippen LogP contribution in [-0.2, 0) is 0 Å². The van der Waals surface area contributed by atoms with Crippen molar-refractivity contribution in [2.75, 3.05) is 0 Å². The molecule has 1 heterocycles. The van der Waals surface area contributed by atoms with Crippen LogP contribution in [0, 0.1) is 0 Å². The van der Waals surface area contributed by atoms with Gasteiger partial charge in [0.15, 0.2) is 11.5 Å². The molecule has 0 N–H and O–H groups in total. The van der Waals surface area contributed by atoms with E-state index in [-0.39, 0.29) is 23.7 Å². The third-order valence-corrected chi connectivity index (χ3v) is 6.46. The number of thioether (sulfide) groups is 1. The lowest BCUT2D eigenvalue weighted by atomic mass is 9.91. The zero-order chi connectivity index (χ0) is 19.9. The van der Waals surface area contributed by atoms with Gasteiger partial charge in [-0.25, -0.2) is 0 Å². The molecule has 0 amide bonds. The molecule has 28 heavy (non-hydrogen) atoms. The Labute approximate surface area is 168 Å². The Balaban J connectivity index is 1.58. The summed E-state index contributed by atoms with van der Waals surface area (Å²) in [6.07, 6.45) is 2.05. The first-order valence-electron chi connectivity index (χ1n) is 8.69. The lowest BCUT2D eigenvalue weighted by Crippen LogP contribution is -2.41. The van der Waals surface area contributed by atoms with Gasteiger partial charge in [-0.3, -0.25) is 4.79 Å². The number of Topliss-reactive ketones (excluding diaryl/α,β-unsaturated/α-hetero) is 1. The number of allylic oxidation sites excluding steroid dienone is 3. The summed E-state index contributed by atoms with van der Waals surface area (Å²) < 4.78 is 44.7. The van der Waals surface area contributed by atoms with Crippen LogP contribution in [0.15, 0.2) is 63.7 Å². The van der Waals surface area contributed by atoms with Crippen LogP contribution in [0.1, 0.15) is 41.3 Å². The van der Waals surface area contributed by atoms with Crippen LogP contribution in [-0.4, -0.2) is 21.9 Å². The molecule has 2 aliphatic carbocycles. The number of hydrogen-bond donors (Lipinski definition) is 0. The minimum atomic E-state index is -4.49. The van der Waals surface area contributed by atoms with Gasteiger partial charge in [-0.2, -0.15) is 13.2 Å². The van der Waals surface area contributed by atoms with Gasteiger partial charge < -0.3 is 4.52 Å². The van der Waals surface area contributed by atoms with Gasteiger partial charge in [-0.05, 0) is 43.5 Å². The molecule has 3 nitrogen and oxygen atoms in total. The lowest BCUT2D eigenvalue weighted by molar-refractivity contribution is -0.147. The molecular formula is C20H15ClF3NO2S. The van der Waals surface area contributed by atoms with Crippen LogP contribution >= 0.6 is 23.4 Å². The normalized spacial score (nSPS) is 22.2. The van der Waals surface area contributed by atoms with Crippen LogP contribution in [0.4, 0.5) is 13.2 Å².